The van der Waals surface area contributed by atoms with Crippen molar-refractivity contribution in [1.82, 2.24) is 16.0 Å². The van der Waals surface area contributed by atoms with Crippen molar-refractivity contribution >= 4 is 60.7 Å². The van der Waals surface area contributed by atoms with E-state index in [4.69, 9.17) is 5.73 Å². The van der Waals surface area contributed by atoms with Gasteiger partial charge in [-0.05, 0) is 36.1 Å². The summed E-state index contributed by atoms with van der Waals surface area (Å²) < 4.78 is 0. The summed E-state index contributed by atoms with van der Waals surface area (Å²) >= 11 is 9.48. The Bertz CT molecular complexity index is 811. The number of rotatable bonds is 14. The largest absolute Gasteiger partial charge is 0.508 e. The van der Waals surface area contributed by atoms with Crippen LogP contribution >= 0.6 is 37.0 Å². The molecule has 33 heavy (non-hydrogen) atoms. The molecule has 0 heterocycles. The molecule has 3 amide bonds. The zero-order valence-electron chi connectivity index (χ0n) is 18.1. The number of thioether (sulfide) groups is 1. The van der Waals surface area contributed by atoms with E-state index in [1.807, 2.05) is 6.26 Å². The number of carboxylic acids is 1. The van der Waals surface area contributed by atoms with Crippen LogP contribution in [0.25, 0.3) is 0 Å². The van der Waals surface area contributed by atoms with Crippen LogP contribution in [0.15, 0.2) is 24.3 Å². The second-order valence-electron chi connectivity index (χ2n) is 7.15. The van der Waals surface area contributed by atoms with Crippen LogP contribution in [-0.2, 0) is 25.6 Å². The van der Waals surface area contributed by atoms with E-state index in [1.54, 1.807) is 12.1 Å². The highest BCUT2D eigenvalue weighted by atomic mass is 32.2. The van der Waals surface area contributed by atoms with Crippen molar-refractivity contribution in [3.05, 3.63) is 29.8 Å². The molecule has 4 unspecified atom stereocenters. The van der Waals surface area contributed by atoms with Gasteiger partial charge in [0.25, 0.3) is 0 Å². The lowest BCUT2D eigenvalue weighted by Gasteiger charge is -2.24. The van der Waals surface area contributed by atoms with Gasteiger partial charge in [0, 0.05) is 17.9 Å². The number of nitrogens with one attached hydrogen (secondary N) is 3. The second-order valence-corrected chi connectivity index (χ2v) is 8.86. The van der Waals surface area contributed by atoms with Gasteiger partial charge < -0.3 is 31.9 Å². The number of amides is 3. The molecule has 0 aliphatic carbocycles. The minimum Gasteiger partial charge on any atom is -0.508 e. The predicted molar refractivity (Wildman–Crippen MR) is 134 cm³/mol. The number of hydrogen-bond donors (Lipinski definition) is 8. The third-order valence-electron chi connectivity index (χ3n) is 4.58. The van der Waals surface area contributed by atoms with Gasteiger partial charge in [-0.2, -0.15) is 37.0 Å². The summed E-state index contributed by atoms with van der Waals surface area (Å²) in [4.78, 5) is 49.2. The van der Waals surface area contributed by atoms with E-state index in [1.165, 1.54) is 23.9 Å². The highest BCUT2D eigenvalue weighted by Gasteiger charge is 2.29. The number of benzene rings is 1. The van der Waals surface area contributed by atoms with Crippen molar-refractivity contribution in [2.45, 2.75) is 37.0 Å². The normalized spacial score (nSPS) is 14.4. The number of phenolic OH excluding ortho intramolecular Hbond substituents is 1. The Morgan fingerprint density at radius 3 is 2.00 bits per heavy atom. The molecular weight excluding hydrogens is 488 g/mol. The molecule has 0 fully saturated rings. The van der Waals surface area contributed by atoms with Crippen LogP contribution in [0.3, 0.4) is 0 Å². The second kappa shape index (κ2) is 14.9. The Balaban J connectivity index is 2.89. The van der Waals surface area contributed by atoms with E-state index in [0.29, 0.717) is 11.3 Å². The molecule has 1 aromatic carbocycles. The van der Waals surface area contributed by atoms with Crippen LogP contribution in [0, 0.1) is 0 Å². The fraction of sp³-hybridized carbons (Fsp3) is 0.500. The number of hydrogen-bond acceptors (Lipinski definition) is 9. The fourth-order valence-electron chi connectivity index (χ4n) is 2.67. The van der Waals surface area contributed by atoms with E-state index in [-0.39, 0.29) is 30.1 Å². The van der Waals surface area contributed by atoms with Gasteiger partial charge in [0.05, 0.1) is 6.04 Å². The van der Waals surface area contributed by atoms with Gasteiger partial charge in [-0.25, -0.2) is 4.79 Å². The standard InChI is InChI=1S/C20H30N4O6S3/c1-33-7-6-14(22-19(28)16(10-32)24-17(26)13(21)9-31)18(27)23-15(20(29)30)8-11-2-4-12(25)5-3-11/h2-5,13-16,25,31-32H,6-10,21H2,1H3,(H,22,28)(H,23,27)(H,24,26)(H,29,30). The molecular formula is C20H30N4O6S3. The monoisotopic (exact) mass is 518 g/mol. The van der Waals surface area contributed by atoms with Gasteiger partial charge in [0.2, 0.25) is 17.7 Å². The number of carboxylic acid groups (broad SMARTS) is 1. The summed E-state index contributed by atoms with van der Waals surface area (Å²) in [7, 11) is 0. The molecule has 0 saturated carbocycles. The Hall–Kier alpha value is -2.09. The van der Waals surface area contributed by atoms with Crippen molar-refractivity contribution in [2.24, 2.45) is 5.73 Å². The topological polar surface area (TPSA) is 171 Å². The van der Waals surface area contributed by atoms with Crippen LogP contribution < -0.4 is 21.7 Å². The van der Waals surface area contributed by atoms with E-state index < -0.39 is 47.9 Å². The van der Waals surface area contributed by atoms with E-state index in [9.17, 15) is 29.4 Å². The van der Waals surface area contributed by atoms with Crippen LogP contribution in [0.2, 0.25) is 0 Å². The van der Waals surface area contributed by atoms with Crippen LogP contribution in [-0.4, -0.2) is 81.6 Å². The lowest BCUT2D eigenvalue weighted by atomic mass is 10.0. The Morgan fingerprint density at radius 1 is 0.939 bits per heavy atom. The molecule has 184 valence electrons. The first-order valence-corrected chi connectivity index (χ1v) is 12.7. The highest BCUT2D eigenvalue weighted by Crippen LogP contribution is 2.12. The summed E-state index contributed by atoms with van der Waals surface area (Å²) in [5.41, 5.74) is 6.21. The van der Waals surface area contributed by atoms with Gasteiger partial charge in [0.15, 0.2) is 0 Å². The maximum absolute atomic E-state index is 12.9. The maximum atomic E-state index is 12.9. The molecule has 7 N–H and O–H groups in total. The molecule has 0 spiro atoms. The number of aliphatic carboxylic acids is 1. The van der Waals surface area contributed by atoms with Crippen LogP contribution in [0.5, 0.6) is 5.75 Å². The maximum Gasteiger partial charge on any atom is 0.326 e. The smallest absolute Gasteiger partial charge is 0.326 e. The lowest BCUT2D eigenvalue weighted by molar-refractivity contribution is -0.142. The Kier molecular flexibility index (Phi) is 13.1. The molecule has 0 saturated heterocycles. The zero-order valence-corrected chi connectivity index (χ0v) is 20.7. The average molecular weight is 519 g/mol. The first-order valence-electron chi connectivity index (χ1n) is 10.0. The molecule has 1 rings (SSSR count). The van der Waals surface area contributed by atoms with E-state index >= 15 is 0 Å². The van der Waals surface area contributed by atoms with Gasteiger partial charge >= 0.3 is 5.97 Å². The van der Waals surface area contributed by atoms with Gasteiger partial charge in [-0.3, -0.25) is 14.4 Å². The number of aromatic hydroxyl groups is 1. The molecule has 0 aliphatic heterocycles. The first kappa shape index (κ1) is 28.9. The lowest BCUT2D eigenvalue weighted by Crippen LogP contribution is -2.58. The summed E-state index contributed by atoms with van der Waals surface area (Å²) in [6.07, 6.45) is 2.06. The molecule has 10 nitrogen and oxygen atoms in total. The fourth-order valence-corrected chi connectivity index (χ4v) is 3.57. The van der Waals surface area contributed by atoms with Crippen molar-refractivity contribution in [2.75, 3.05) is 23.5 Å². The number of nitrogens with two attached hydrogens (primary N) is 1. The van der Waals surface area contributed by atoms with Crippen LogP contribution in [0.4, 0.5) is 0 Å². The Labute approximate surface area is 207 Å². The quantitative estimate of drug-likeness (QED) is 0.151. The zero-order chi connectivity index (χ0) is 25.0. The minimum absolute atomic E-state index is 0.0124. The molecule has 1 aromatic rings. The van der Waals surface area contributed by atoms with E-state index in [2.05, 4.69) is 41.2 Å². The third kappa shape index (κ3) is 10.2. The summed E-state index contributed by atoms with van der Waals surface area (Å²) in [5.74, 6) is -2.52. The summed E-state index contributed by atoms with van der Waals surface area (Å²) in [6, 6.07) is 1.74. The van der Waals surface area contributed by atoms with Crippen molar-refractivity contribution in [1.29, 1.82) is 0 Å². The molecule has 13 heteroatoms. The van der Waals surface area contributed by atoms with Gasteiger partial charge in [-0.1, -0.05) is 12.1 Å². The average Bonchev–Trinajstić information content (AvgIpc) is 2.79. The van der Waals surface area contributed by atoms with Gasteiger partial charge in [-0.15, -0.1) is 0 Å². The predicted octanol–water partition coefficient (Wildman–Crippen LogP) is -0.586. The first-order chi connectivity index (χ1) is 15.6. The Morgan fingerprint density at radius 2 is 1.48 bits per heavy atom. The molecule has 4 atom stereocenters. The number of carbonyl (C=O) groups is 4. The number of carbonyl (C=O) groups excluding carboxylic acids is 3. The minimum atomic E-state index is -1.25. The molecule has 0 aliphatic rings. The number of phenols is 1. The summed E-state index contributed by atoms with van der Waals surface area (Å²) in [6.45, 7) is 0. The molecule has 0 aromatic heterocycles. The van der Waals surface area contributed by atoms with Crippen molar-refractivity contribution in [3.8, 4) is 5.75 Å². The third-order valence-corrected chi connectivity index (χ3v) is 5.99. The highest BCUT2D eigenvalue weighted by molar-refractivity contribution is 7.98. The van der Waals surface area contributed by atoms with Crippen molar-refractivity contribution in [3.63, 3.8) is 0 Å². The van der Waals surface area contributed by atoms with E-state index in [0.717, 1.165) is 0 Å². The van der Waals surface area contributed by atoms with Crippen molar-refractivity contribution < 1.29 is 29.4 Å². The number of thiol groups is 2. The SMILES string of the molecule is CSCCC(NC(=O)C(CS)NC(=O)C(N)CS)C(=O)NC(Cc1ccc(O)cc1)C(=O)O. The summed E-state index contributed by atoms with van der Waals surface area (Å²) in [5, 5.41) is 26.4. The van der Waals surface area contributed by atoms with Gasteiger partial charge in [0.1, 0.15) is 23.9 Å². The molecule has 0 radical (unpaired) electrons. The molecule has 0 bridgehead atoms. The van der Waals surface area contributed by atoms with Crippen LogP contribution in [0.1, 0.15) is 12.0 Å².